The van der Waals surface area contributed by atoms with E-state index in [4.69, 9.17) is 0 Å². The van der Waals surface area contributed by atoms with Gasteiger partial charge in [0, 0.05) is 12.2 Å². The second-order valence-corrected chi connectivity index (χ2v) is 5.45. The van der Waals surface area contributed by atoms with Crippen LogP contribution in [0.1, 0.15) is 5.56 Å². The first kappa shape index (κ1) is 11.6. The lowest BCUT2D eigenvalue weighted by atomic mass is 10.2. The van der Waals surface area contributed by atoms with E-state index in [0.29, 0.717) is 11.6 Å². The molecule has 1 aromatic rings. The summed E-state index contributed by atoms with van der Waals surface area (Å²) in [5, 5.41) is 0. The molecule has 0 aromatic heterocycles. The molecule has 1 aromatic carbocycles. The molecular weight excluding hydrogens is 248 g/mol. The lowest BCUT2D eigenvalue weighted by Crippen LogP contribution is -2.40. The molecule has 1 fully saturated rings. The van der Waals surface area contributed by atoms with Gasteiger partial charge in [-0.05, 0) is 18.1 Å². The van der Waals surface area contributed by atoms with E-state index in [9.17, 15) is 9.59 Å². The van der Waals surface area contributed by atoms with E-state index in [0.717, 1.165) is 18.7 Å². The van der Waals surface area contributed by atoms with Gasteiger partial charge >= 0.3 is 0 Å². The number of para-hydroxylation sites is 1. The maximum atomic E-state index is 12.2. The van der Waals surface area contributed by atoms with Crippen LogP contribution < -0.4 is 4.90 Å². The number of rotatable bonds is 2. The Morgan fingerprint density at radius 1 is 1.33 bits per heavy atom. The minimum atomic E-state index is 0.0239. The second kappa shape index (κ2) is 4.65. The van der Waals surface area contributed by atoms with Crippen molar-refractivity contribution < 1.29 is 9.59 Å². The van der Waals surface area contributed by atoms with E-state index in [1.54, 1.807) is 21.6 Å². The van der Waals surface area contributed by atoms with Crippen LogP contribution in [-0.2, 0) is 16.0 Å². The van der Waals surface area contributed by atoms with Gasteiger partial charge in [-0.1, -0.05) is 18.2 Å². The average molecular weight is 262 g/mol. The van der Waals surface area contributed by atoms with Gasteiger partial charge in [0.25, 0.3) is 0 Å². The van der Waals surface area contributed by atoms with Crippen LogP contribution in [0.2, 0.25) is 0 Å². The van der Waals surface area contributed by atoms with Gasteiger partial charge in [-0.3, -0.25) is 9.59 Å². The predicted octanol–water partition coefficient (Wildman–Crippen LogP) is 1.11. The SMILES string of the molecule is O=C1CSCN1CC(=O)N1CCc2ccccc21. The molecule has 5 heteroatoms. The zero-order chi connectivity index (χ0) is 12.5. The number of carbonyl (C=O) groups excluding carboxylic acids is 2. The van der Waals surface area contributed by atoms with E-state index in [-0.39, 0.29) is 18.4 Å². The fraction of sp³-hybridized carbons (Fsp3) is 0.385. The smallest absolute Gasteiger partial charge is 0.246 e. The Labute approximate surface area is 110 Å². The highest BCUT2D eigenvalue weighted by Gasteiger charge is 2.28. The van der Waals surface area contributed by atoms with Gasteiger partial charge in [-0.15, -0.1) is 11.8 Å². The maximum absolute atomic E-state index is 12.2. The van der Waals surface area contributed by atoms with Crippen LogP contribution in [0.3, 0.4) is 0 Å². The number of benzene rings is 1. The topological polar surface area (TPSA) is 40.6 Å². The van der Waals surface area contributed by atoms with E-state index in [1.807, 2.05) is 18.2 Å². The first-order valence-corrected chi connectivity index (χ1v) is 7.15. The monoisotopic (exact) mass is 262 g/mol. The number of amides is 2. The Morgan fingerprint density at radius 3 is 2.94 bits per heavy atom. The highest BCUT2D eigenvalue weighted by molar-refractivity contribution is 8.00. The molecule has 0 unspecified atom stereocenters. The number of anilines is 1. The molecule has 2 amide bonds. The molecule has 3 rings (SSSR count). The minimum absolute atomic E-state index is 0.0239. The van der Waals surface area contributed by atoms with Crippen LogP contribution in [0.25, 0.3) is 0 Å². The zero-order valence-electron chi connectivity index (χ0n) is 9.96. The van der Waals surface area contributed by atoms with Crippen molar-refractivity contribution in [2.45, 2.75) is 6.42 Å². The average Bonchev–Trinajstić information content (AvgIpc) is 2.96. The summed E-state index contributed by atoms with van der Waals surface area (Å²) in [5.41, 5.74) is 2.22. The highest BCUT2D eigenvalue weighted by Crippen LogP contribution is 2.27. The fourth-order valence-electron chi connectivity index (χ4n) is 2.39. The number of hydrogen-bond acceptors (Lipinski definition) is 3. The van der Waals surface area contributed by atoms with Crippen LogP contribution in [-0.4, -0.2) is 41.4 Å². The Balaban J connectivity index is 1.73. The van der Waals surface area contributed by atoms with Crippen LogP contribution in [0.5, 0.6) is 0 Å². The van der Waals surface area contributed by atoms with Crippen molar-refractivity contribution in [3.8, 4) is 0 Å². The van der Waals surface area contributed by atoms with Crippen molar-refractivity contribution in [2.24, 2.45) is 0 Å². The summed E-state index contributed by atoms with van der Waals surface area (Å²) in [4.78, 5) is 27.2. The predicted molar refractivity (Wildman–Crippen MR) is 71.5 cm³/mol. The molecule has 0 spiro atoms. The molecule has 2 aliphatic rings. The number of hydrogen-bond donors (Lipinski definition) is 0. The van der Waals surface area contributed by atoms with E-state index < -0.39 is 0 Å². The Kier molecular flexibility index (Phi) is 2.99. The lowest BCUT2D eigenvalue weighted by Gasteiger charge is -2.21. The quantitative estimate of drug-likeness (QED) is 0.801. The molecule has 18 heavy (non-hydrogen) atoms. The Bertz CT molecular complexity index is 504. The molecular formula is C13H14N2O2S. The maximum Gasteiger partial charge on any atom is 0.246 e. The first-order chi connectivity index (χ1) is 8.75. The van der Waals surface area contributed by atoms with Crippen molar-refractivity contribution in [3.05, 3.63) is 29.8 Å². The first-order valence-electron chi connectivity index (χ1n) is 5.99. The van der Waals surface area contributed by atoms with Crippen LogP contribution in [0, 0.1) is 0 Å². The van der Waals surface area contributed by atoms with Crippen molar-refractivity contribution in [1.29, 1.82) is 0 Å². The molecule has 0 saturated carbocycles. The Hall–Kier alpha value is -1.49. The highest BCUT2D eigenvalue weighted by atomic mass is 32.2. The van der Waals surface area contributed by atoms with Crippen molar-refractivity contribution in [1.82, 2.24) is 4.90 Å². The van der Waals surface area contributed by atoms with Crippen LogP contribution >= 0.6 is 11.8 Å². The summed E-state index contributed by atoms with van der Waals surface area (Å²) in [7, 11) is 0. The number of thioether (sulfide) groups is 1. The number of fused-ring (bicyclic) bond motifs is 1. The van der Waals surface area contributed by atoms with Crippen molar-refractivity contribution in [3.63, 3.8) is 0 Å². The van der Waals surface area contributed by atoms with Crippen molar-refractivity contribution >= 4 is 29.3 Å². The summed E-state index contributed by atoms with van der Waals surface area (Å²) in [6.45, 7) is 0.938. The van der Waals surface area contributed by atoms with E-state index in [2.05, 4.69) is 6.07 Å². The van der Waals surface area contributed by atoms with Gasteiger partial charge in [0.1, 0.15) is 6.54 Å². The molecule has 0 radical (unpaired) electrons. The Morgan fingerprint density at radius 2 is 2.17 bits per heavy atom. The molecule has 0 N–H and O–H groups in total. The fourth-order valence-corrected chi connectivity index (χ4v) is 3.29. The number of nitrogens with zero attached hydrogens (tertiary/aromatic N) is 2. The third-order valence-electron chi connectivity index (χ3n) is 3.34. The van der Waals surface area contributed by atoms with Gasteiger partial charge in [0.05, 0.1) is 11.6 Å². The second-order valence-electron chi connectivity index (χ2n) is 4.49. The zero-order valence-corrected chi connectivity index (χ0v) is 10.8. The molecule has 2 heterocycles. The van der Waals surface area contributed by atoms with Gasteiger partial charge in [-0.2, -0.15) is 0 Å². The normalized spacial score (nSPS) is 18.3. The molecule has 4 nitrogen and oxygen atoms in total. The van der Waals surface area contributed by atoms with Crippen molar-refractivity contribution in [2.75, 3.05) is 29.6 Å². The number of carbonyl (C=O) groups is 2. The van der Waals surface area contributed by atoms with E-state index >= 15 is 0 Å². The van der Waals surface area contributed by atoms with Gasteiger partial charge in [-0.25, -0.2) is 0 Å². The summed E-state index contributed by atoms with van der Waals surface area (Å²) in [6.07, 6.45) is 0.907. The minimum Gasteiger partial charge on any atom is -0.323 e. The van der Waals surface area contributed by atoms with E-state index in [1.165, 1.54) is 5.56 Å². The van der Waals surface area contributed by atoms with Gasteiger partial charge in [0.15, 0.2) is 0 Å². The molecule has 1 saturated heterocycles. The molecule has 2 aliphatic heterocycles. The summed E-state index contributed by atoms with van der Waals surface area (Å²) in [5.74, 6) is 1.24. The van der Waals surface area contributed by atoms with Crippen LogP contribution in [0.15, 0.2) is 24.3 Å². The summed E-state index contributed by atoms with van der Waals surface area (Å²) >= 11 is 1.57. The summed E-state index contributed by atoms with van der Waals surface area (Å²) in [6, 6.07) is 7.97. The molecule has 0 bridgehead atoms. The van der Waals surface area contributed by atoms with Gasteiger partial charge in [0.2, 0.25) is 11.8 Å². The standard InChI is InChI=1S/C13H14N2O2S/c16-12(7-14-9-18-8-13(14)17)15-6-5-10-3-1-2-4-11(10)15/h1-4H,5-9H2. The van der Waals surface area contributed by atoms with Gasteiger partial charge < -0.3 is 9.80 Å². The summed E-state index contributed by atoms with van der Waals surface area (Å²) < 4.78 is 0. The molecule has 0 atom stereocenters. The van der Waals surface area contributed by atoms with Crippen LogP contribution in [0.4, 0.5) is 5.69 Å². The molecule has 0 aliphatic carbocycles. The molecule has 94 valence electrons. The lowest BCUT2D eigenvalue weighted by molar-refractivity contribution is -0.131. The third kappa shape index (κ3) is 1.99. The third-order valence-corrected chi connectivity index (χ3v) is 4.29. The largest absolute Gasteiger partial charge is 0.323 e.